The van der Waals surface area contributed by atoms with Crippen molar-refractivity contribution in [1.29, 1.82) is 0 Å². The van der Waals surface area contributed by atoms with Crippen LogP contribution in [0.5, 0.6) is 0 Å². The standard InChI is InChI=1S/C22H25F3N4O3S/c23-22(24,25)33(30,31)28-8-16-3-15(17-11-32-12-17)1-2-19(16)29(9-18-7-26-13-27-18)20(10-28)21-4-14(5-21)6-21/h1-3,7,13-14,17,20H,4-6,8-12H2,(H,26,27)/t14?,20-,21?/m0/s1. The Labute approximate surface area is 190 Å². The van der Waals surface area contributed by atoms with E-state index in [4.69, 9.17) is 4.74 Å². The van der Waals surface area contributed by atoms with Gasteiger partial charge in [-0.15, -0.1) is 0 Å². The fourth-order valence-corrected chi connectivity index (χ4v) is 6.90. The third-order valence-corrected chi connectivity index (χ3v) is 9.49. The Balaban J connectivity index is 1.47. The van der Waals surface area contributed by atoms with Gasteiger partial charge in [0.25, 0.3) is 0 Å². The number of aromatic amines is 1. The molecule has 178 valence electrons. The van der Waals surface area contributed by atoms with Crippen LogP contribution in [0.1, 0.15) is 42.0 Å². The molecule has 0 radical (unpaired) electrons. The maximum atomic E-state index is 13.7. The molecule has 1 aromatic heterocycles. The lowest BCUT2D eigenvalue weighted by atomic mass is 9.41. The number of imidazole rings is 1. The predicted octanol–water partition coefficient (Wildman–Crippen LogP) is 3.36. The molecule has 1 saturated heterocycles. The highest BCUT2D eigenvalue weighted by molar-refractivity contribution is 7.89. The molecule has 4 fully saturated rings. The van der Waals surface area contributed by atoms with E-state index < -0.39 is 15.5 Å². The van der Waals surface area contributed by atoms with Gasteiger partial charge in [0.05, 0.1) is 31.8 Å². The first-order chi connectivity index (χ1) is 15.7. The maximum absolute atomic E-state index is 13.7. The zero-order valence-electron chi connectivity index (χ0n) is 17.9. The molecule has 7 nitrogen and oxygen atoms in total. The van der Waals surface area contributed by atoms with Crippen molar-refractivity contribution in [1.82, 2.24) is 14.3 Å². The summed E-state index contributed by atoms with van der Waals surface area (Å²) in [6.07, 6.45) is 6.08. The van der Waals surface area contributed by atoms with E-state index in [2.05, 4.69) is 14.9 Å². The number of ether oxygens (including phenoxy) is 1. The van der Waals surface area contributed by atoms with E-state index in [-0.39, 0.29) is 30.5 Å². The molecule has 2 aliphatic heterocycles. The van der Waals surface area contributed by atoms with E-state index in [1.54, 1.807) is 12.5 Å². The second-order valence-corrected chi connectivity index (χ2v) is 11.9. The molecule has 0 unspecified atom stereocenters. The number of rotatable bonds is 5. The molecule has 0 spiro atoms. The van der Waals surface area contributed by atoms with E-state index in [9.17, 15) is 21.6 Å². The van der Waals surface area contributed by atoms with Crippen LogP contribution >= 0.6 is 0 Å². The fraction of sp³-hybridized carbons (Fsp3) is 0.591. The number of aromatic nitrogens is 2. The first-order valence-electron chi connectivity index (χ1n) is 11.2. The largest absolute Gasteiger partial charge is 0.511 e. The van der Waals surface area contributed by atoms with Crippen molar-refractivity contribution in [3.05, 3.63) is 47.5 Å². The van der Waals surface area contributed by atoms with Crippen LogP contribution < -0.4 is 4.90 Å². The van der Waals surface area contributed by atoms with Crippen molar-refractivity contribution in [2.45, 2.75) is 49.8 Å². The third kappa shape index (κ3) is 3.30. The summed E-state index contributed by atoms with van der Waals surface area (Å²) >= 11 is 0. The average Bonchev–Trinajstić information content (AvgIpc) is 3.08. The molecule has 33 heavy (non-hydrogen) atoms. The lowest BCUT2D eigenvalue weighted by Gasteiger charge is -2.67. The van der Waals surface area contributed by atoms with E-state index in [0.29, 0.717) is 35.5 Å². The minimum absolute atomic E-state index is 0.147. The predicted molar refractivity (Wildman–Crippen MR) is 114 cm³/mol. The number of fused-ring (bicyclic) bond motifs is 1. The van der Waals surface area contributed by atoms with Gasteiger partial charge in [-0.2, -0.15) is 17.5 Å². The molecule has 5 aliphatic rings. The number of H-pyrrole nitrogens is 1. The quantitative estimate of drug-likeness (QED) is 0.707. The van der Waals surface area contributed by atoms with Gasteiger partial charge in [-0.3, -0.25) is 0 Å². The summed E-state index contributed by atoms with van der Waals surface area (Å²) in [4.78, 5) is 9.29. The smallest absolute Gasteiger partial charge is 0.380 e. The van der Waals surface area contributed by atoms with Gasteiger partial charge in [-0.25, -0.2) is 13.4 Å². The Kier molecular flexibility index (Phi) is 4.67. The van der Waals surface area contributed by atoms with Gasteiger partial charge in [0.2, 0.25) is 0 Å². The molecule has 1 aromatic carbocycles. The average molecular weight is 483 g/mol. The van der Waals surface area contributed by atoms with Crippen molar-refractivity contribution in [2.24, 2.45) is 11.3 Å². The summed E-state index contributed by atoms with van der Waals surface area (Å²) in [7, 11) is -5.47. The summed E-state index contributed by atoms with van der Waals surface area (Å²) < 4.78 is 72.1. The molecule has 0 amide bonds. The minimum Gasteiger partial charge on any atom is -0.380 e. The molecule has 3 saturated carbocycles. The molecule has 7 rings (SSSR count). The van der Waals surface area contributed by atoms with Gasteiger partial charge in [-0.1, -0.05) is 12.1 Å². The Hall–Kier alpha value is -2.11. The first-order valence-corrected chi connectivity index (χ1v) is 12.6. The van der Waals surface area contributed by atoms with Crippen LogP contribution in [-0.2, 0) is 27.8 Å². The second-order valence-electron chi connectivity index (χ2n) is 9.93. The van der Waals surface area contributed by atoms with Crippen LogP contribution in [0.15, 0.2) is 30.7 Å². The number of sulfonamides is 1. The Morgan fingerprint density at radius 2 is 1.97 bits per heavy atom. The van der Waals surface area contributed by atoms with Gasteiger partial charge in [-0.05, 0) is 47.8 Å². The van der Waals surface area contributed by atoms with Gasteiger partial charge < -0.3 is 14.6 Å². The van der Waals surface area contributed by atoms with Crippen molar-refractivity contribution in [3.63, 3.8) is 0 Å². The molecule has 2 aromatic rings. The van der Waals surface area contributed by atoms with Crippen LogP contribution in [0.4, 0.5) is 18.9 Å². The van der Waals surface area contributed by atoms with Crippen LogP contribution in [0.25, 0.3) is 0 Å². The molecule has 2 bridgehead atoms. The molecule has 11 heteroatoms. The van der Waals surface area contributed by atoms with Crippen molar-refractivity contribution < 1.29 is 26.3 Å². The maximum Gasteiger partial charge on any atom is 0.511 e. The first kappa shape index (κ1) is 21.4. The lowest BCUT2D eigenvalue weighted by molar-refractivity contribution is -0.129. The number of benzene rings is 1. The Morgan fingerprint density at radius 1 is 1.21 bits per heavy atom. The number of alkyl halides is 3. The number of anilines is 1. The lowest BCUT2D eigenvalue weighted by Crippen LogP contribution is -2.66. The highest BCUT2D eigenvalue weighted by atomic mass is 32.2. The number of nitrogens with zero attached hydrogens (tertiary/aromatic N) is 3. The zero-order chi connectivity index (χ0) is 23.0. The third-order valence-electron chi connectivity index (χ3n) is 7.94. The number of hydrogen-bond acceptors (Lipinski definition) is 5. The summed E-state index contributed by atoms with van der Waals surface area (Å²) in [5, 5.41) is 0. The normalized spacial score (nSPS) is 30.1. The van der Waals surface area contributed by atoms with Crippen LogP contribution in [0.2, 0.25) is 0 Å². The summed E-state index contributed by atoms with van der Waals surface area (Å²) in [5.41, 5.74) is -2.29. The van der Waals surface area contributed by atoms with Gasteiger partial charge >= 0.3 is 15.5 Å². The number of nitrogens with one attached hydrogen (secondary N) is 1. The van der Waals surface area contributed by atoms with Crippen LogP contribution in [0.3, 0.4) is 0 Å². The van der Waals surface area contributed by atoms with Crippen LogP contribution in [-0.4, -0.2) is 54.0 Å². The van der Waals surface area contributed by atoms with E-state index in [1.165, 1.54) is 0 Å². The highest BCUT2D eigenvalue weighted by Crippen LogP contribution is 2.67. The van der Waals surface area contributed by atoms with Crippen molar-refractivity contribution >= 4 is 15.7 Å². The monoisotopic (exact) mass is 482 g/mol. The minimum atomic E-state index is -5.47. The number of hydrogen-bond donors (Lipinski definition) is 1. The number of halogens is 3. The molecule has 3 aliphatic carbocycles. The summed E-state index contributed by atoms with van der Waals surface area (Å²) in [5.74, 6) is 0.788. The van der Waals surface area contributed by atoms with Gasteiger partial charge in [0, 0.05) is 36.9 Å². The van der Waals surface area contributed by atoms with Gasteiger partial charge in [0.1, 0.15) is 0 Å². The van der Waals surface area contributed by atoms with Crippen LogP contribution in [0, 0.1) is 11.3 Å². The van der Waals surface area contributed by atoms with Crippen molar-refractivity contribution in [2.75, 3.05) is 24.7 Å². The zero-order valence-corrected chi connectivity index (χ0v) is 18.7. The van der Waals surface area contributed by atoms with E-state index >= 15 is 0 Å². The summed E-state index contributed by atoms with van der Waals surface area (Å²) in [6, 6.07) is 5.47. The molecular weight excluding hydrogens is 457 g/mol. The molecule has 1 atom stereocenters. The summed E-state index contributed by atoms with van der Waals surface area (Å²) in [6.45, 7) is 1.08. The van der Waals surface area contributed by atoms with E-state index in [1.807, 2.05) is 18.2 Å². The van der Waals surface area contributed by atoms with Gasteiger partial charge in [0.15, 0.2) is 0 Å². The topological polar surface area (TPSA) is 78.5 Å². The molecule has 3 heterocycles. The Morgan fingerprint density at radius 3 is 2.52 bits per heavy atom. The highest BCUT2D eigenvalue weighted by Gasteiger charge is 2.63. The van der Waals surface area contributed by atoms with Crippen molar-refractivity contribution in [3.8, 4) is 0 Å². The van der Waals surface area contributed by atoms with E-state index in [0.717, 1.165) is 36.2 Å². The molecular formula is C22H25F3N4O3S. The Bertz CT molecular complexity index is 1150. The fourth-order valence-electron chi connectivity index (χ4n) is 5.97. The molecule has 1 N–H and O–H groups in total. The SMILES string of the molecule is O=S(=O)(N1Cc2cc(C3COC3)ccc2N(Cc2cnc[nH]2)[C@H](C23CC(C2)C3)C1)C(F)(F)F. The second kappa shape index (κ2) is 7.19.